The van der Waals surface area contributed by atoms with E-state index in [0.717, 1.165) is 23.3 Å². The van der Waals surface area contributed by atoms with Crippen LogP contribution in [0.2, 0.25) is 0 Å². The Morgan fingerprint density at radius 2 is 1.81 bits per heavy atom. The van der Waals surface area contributed by atoms with Crippen molar-refractivity contribution in [3.8, 4) is 0 Å². The molecule has 3 aromatic rings. The van der Waals surface area contributed by atoms with Crippen molar-refractivity contribution in [3.63, 3.8) is 0 Å². The summed E-state index contributed by atoms with van der Waals surface area (Å²) in [6.45, 7) is 5.28. The molecule has 0 saturated heterocycles. The molecule has 164 valence electrons. The minimum Gasteiger partial charge on any atom is -0.459 e. The van der Waals surface area contributed by atoms with Gasteiger partial charge in [-0.3, -0.25) is 9.59 Å². The first-order valence-corrected chi connectivity index (χ1v) is 11.2. The van der Waals surface area contributed by atoms with Gasteiger partial charge in [0.05, 0.1) is 12.8 Å². The Labute approximate surface area is 186 Å². The zero-order valence-electron chi connectivity index (χ0n) is 17.8. The van der Waals surface area contributed by atoms with Gasteiger partial charge in [-0.1, -0.05) is 25.5 Å². The normalized spacial score (nSPS) is 10.8. The van der Waals surface area contributed by atoms with Crippen LogP contribution in [0.25, 0.3) is 0 Å². The smallest absolute Gasteiger partial charge is 0.290 e. The fraction of sp³-hybridized carbons (Fsp3) is 0.333. The summed E-state index contributed by atoms with van der Waals surface area (Å²) < 4.78 is 18.6. The Kier molecular flexibility index (Phi) is 8.00. The van der Waals surface area contributed by atoms with Gasteiger partial charge in [0.15, 0.2) is 5.76 Å². The molecule has 0 atom stereocenters. The zero-order chi connectivity index (χ0) is 22.2. The second-order valence-electron chi connectivity index (χ2n) is 7.45. The van der Waals surface area contributed by atoms with E-state index in [4.69, 9.17) is 4.42 Å². The summed E-state index contributed by atoms with van der Waals surface area (Å²) in [7, 11) is 0. The molecule has 2 aromatic heterocycles. The molecule has 1 aromatic carbocycles. The molecule has 0 radical (unpaired) electrons. The van der Waals surface area contributed by atoms with Gasteiger partial charge in [0.1, 0.15) is 12.4 Å². The summed E-state index contributed by atoms with van der Waals surface area (Å²) in [5.41, 5.74) is 0.834. The van der Waals surface area contributed by atoms with Crippen molar-refractivity contribution in [1.82, 2.24) is 9.80 Å². The van der Waals surface area contributed by atoms with Crippen molar-refractivity contribution in [2.75, 3.05) is 13.1 Å². The highest BCUT2D eigenvalue weighted by molar-refractivity contribution is 7.11. The van der Waals surface area contributed by atoms with E-state index in [2.05, 4.69) is 0 Å². The number of rotatable bonds is 10. The minimum atomic E-state index is -0.315. The summed E-state index contributed by atoms with van der Waals surface area (Å²) in [5, 5.41) is 0. The highest BCUT2D eigenvalue weighted by Gasteiger charge is 2.24. The van der Waals surface area contributed by atoms with Gasteiger partial charge >= 0.3 is 0 Å². The van der Waals surface area contributed by atoms with Crippen molar-refractivity contribution < 1.29 is 18.4 Å². The number of carbonyl (C=O) groups excluding carboxylic acids is 2. The lowest BCUT2D eigenvalue weighted by molar-refractivity contribution is -0.133. The van der Waals surface area contributed by atoms with Crippen molar-refractivity contribution in [2.45, 2.75) is 39.8 Å². The second kappa shape index (κ2) is 10.9. The average Bonchev–Trinajstić information content (AvgIpc) is 3.43. The summed E-state index contributed by atoms with van der Waals surface area (Å²) in [5.74, 6) is -0.542. The molecule has 2 heterocycles. The number of carbonyl (C=O) groups is 2. The highest BCUT2D eigenvalue weighted by atomic mass is 32.1. The number of benzene rings is 1. The quantitative estimate of drug-likeness (QED) is 0.430. The Morgan fingerprint density at radius 1 is 1.03 bits per heavy atom. The molecule has 7 heteroatoms. The lowest BCUT2D eigenvalue weighted by Crippen LogP contribution is -2.42. The Hall–Kier alpha value is -2.93. The van der Waals surface area contributed by atoms with Gasteiger partial charge in [-0.05, 0) is 55.3 Å². The molecule has 0 bridgehead atoms. The number of hydrogen-bond donors (Lipinski definition) is 0. The number of hydrogen-bond acceptors (Lipinski definition) is 4. The summed E-state index contributed by atoms with van der Waals surface area (Å²) in [6.07, 6.45) is 3.15. The third-order valence-electron chi connectivity index (χ3n) is 4.91. The SMILES string of the molecule is CCCCN(CC(=O)N(Cc1ccc(F)cc1)Cc1ccc(C)s1)C(=O)c1ccco1. The molecule has 2 amide bonds. The molecule has 3 rings (SSSR count). The third kappa shape index (κ3) is 6.52. The van der Waals surface area contributed by atoms with Crippen LogP contribution in [0.3, 0.4) is 0 Å². The fourth-order valence-corrected chi connectivity index (χ4v) is 4.13. The molecule has 0 unspecified atom stereocenters. The monoisotopic (exact) mass is 442 g/mol. The molecule has 0 aliphatic rings. The van der Waals surface area contributed by atoms with Gasteiger partial charge in [0.25, 0.3) is 5.91 Å². The topological polar surface area (TPSA) is 53.8 Å². The van der Waals surface area contributed by atoms with Crippen LogP contribution in [-0.4, -0.2) is 34.7 Å². The lowest BCUT2D eigenvalue weighted by Gasteiger charge is -2.27. The molecular weight excluding hydrogens is 415 g/mol. The van der Waals surface area contributed by atoms with E-state index < -0.39 is 0 Å². The first-order chi connectivity index (χ1) is 15.0. The average molecular weight is 443 g/mol. The number of amides is 2. The van der Waals surface area contributed by atoms with Gasteiger partial charge in [0.2, 0.25) is 5.91 Å². The first-order valence-electron chi connectivity index (χ1n) is 10.4. The molecule has 31 heavy (non-hydrogen) atoms. The predicted octanol–water partition coefficient (Wildman–Crippen LogP) is 5.26. The van der Waals surface area contributed by atoms with Crippen LogP contribution in [0.4, 0.5) is 4.39 Å². The molecule has 0 N–H and O–H groups in total. The van der Waals surface area contributed by atoms with E-state index in [1.807, 2.05) is 26.0 Å². The second-order valence-corrected chi connectivity index (χ2v) is 8.82. The van der Waals surface area contributed by atoms with Crippen LogP contribution in [0, 0.1) is 12.7 Å². The standard InChI is InChI=1S/C24H27FN2O3S/c1-3-4-13-26(24(29)22-6-5-14-30-22)17-23(28)27(16-21-12-7-18(2)31-21)15-19-8-10-20(25)11-9-19/h5-12,14H,3-4,13,15-17H2,1-2H3. The van der Waals surface area contributed by atoms with Crippen molar-refractivity contribution in [1.29, 1.82) is 0 Å². The van der Waals surface area contributed by atoms with Gasteiger partial charge in [-0.2, -0.15) is 0 Å². The number of halogens is 1. The van der Waals surface area contributed by atoms with E-state index in [1.165, 1.54) is 23.3 Å². The van der Waals surface area contributed by atoms with Crippen LogP contribution in [0.1, 0.15) is 45.6 Å². The molecular formula is C24H27FN2O3S. The van der Waals surface area contributed by atoms with Gasteiger partial charge in [-0.25, -0.2) is 4.39 Å². The van der Waals surface area contributed by atoms with E-state index in [-0.39, 0.29) is 29.9 Å². The van der Waals surface area contributed by atoms with Gasteiger partial charge < -0.3 is 14.2 Å². The number of thiophene rings is 1. The highest BCUT2D eigenvalue weighted by Crippen LogP contribution is 2.19. The van der Waals surface area contributed by atoms with E-state index >= 15 is 0 Å². The predicted molar refractivity (Wildman–Crippen MR) is 119 cm³/mol. The summed E-state index contributed by atoms with van der Waals surface area (Å²) in [6, 6.07) is 13.4. The maximum atomic E-state index is 13.3. The number of nitrogens with zero attached hydrogens (tertiary/aromatic N) is 2. The first kappa shape index (κ1) is 22.7. The summed E-state index contributed by atoms with van der Waals surface area (Å²) >= 11 is 1.63. The maximum absolute atomic E-state index is 13.3. The van der Waals surface area contributed by atoms with Crippen molar-refractivity contribution >= 4 is 23.2 Å². The number of furan rings is 1. The van der Waals surface area contributed by atoms with E-state index in [1.54, 1.807) is 45.4 Å². The van der Waals surface area contributed by atoms with E-state index in [0.29, 0.717) is 19.6 Å². The van der Waals surface area contributed by atoms with Crippen LogP contribution in [-0.2, 0) is 17.9 Å². The fourth-order valence-electron chi connectivity index (χ4n) is 3.22. The zero-order valence-corrected chi connectivity index (χ0v) is 18.7. The Balaban J connectivity index is 1.78. The van der Waals surface area contributed by atoms with Crippen molar-refractivity contribution in [3.05, 3.63) is 81.7 Å². The molecule has 0 aliphatic heterocycles. The molecule has 0 spiro atoms. The van der Waals surface area contributed by atoms with Crippen LogP contribution in [0.15, 0.2) is 59.2 Å². The van der Waals surface area contributed by atoms with Gasteiger partial charge in [0, 0.05) is 22.8 Å². The lowest BCUT2D eigenvalue weighted by atomic mass is 10.2. The maximum Gasteiger partial charge on any atom is 0.290 e. The molecule has 0 saturated carbocycles. The molecule has 0 fully saturated rings. The van der Waals surface area contributed by atoms with Crippen LogP contribution >= 0.6 is 11.3 Å². The Morgan fingerprint density at radius 3 is 2.42 bits per heavy atom. The minimum absolute atomic E-state index is 0.0366. The van der Waals surface area contributed by atoms with E-state index in [9.17, 15) is 14.0 Å². The third-order valence-corrected chi connectivity index (χ3v) is 5.89. The van der Waals surface area contributed by atoms with Crippen LogP contribution in [0.5, 0.6) is 0 Å². The molecule has 0 aliphatic carbocycles. The Bertz CT molecular complexity index is 983. The van der Waals surface area contributed by atoms with Crippen molar-refractivity contribution in [2.24, 2.45) is 0 Å². The molecule has 5 nitrogen and oxygen atoms in total. The van der Waals surface area contributed by atoms with Crippen LogP contribution < -0.4 is 0 Å². The number of aryl methyl sites for hydroxylation is 1. The summed E-state index contributed by atoms with van der Waals surface area (Å²) in [4.78, 5) is 31.6. The number of unbranched alkanes of at least 4 members (excludes halogenated alkanes) is 1. The van der Waals surface area contributed by atoms with Gasteiger partial charge in [-0.15, -0.1) is 11.3 Å². The largest absolute Gasteiger partial charge is 0.459 e.